The minimum absolute atomic E-state index is 0.112. The summed E-state index contributed by atoms with van der Waals surface area (Å²) in [4.78, 5) is 27.3. The molecule has 2 aromatic rings. The van der Waals surface area contributed by atoms with Gasteiger partial charge >= 0.3 is 0 Å². The van der Waals surface area contributed by atoms with Crippen LogP contribution in [0.15, 0.2) is 18.2 Å². The van der Waals surface area contributed by atoms with Crippen LogP contribution < -0.4 is 26.2 Å². The van der Waals surface area contributed by atoms with Crippen LogP contribution in [0.3, 0.4) is 0 Å². The Bertz CT molecular complexity index is 879. The Labute approximate surface area is 178 Å². The van der Waals surface area contributed by atoms with Gasteiger partial charge in [-0.05, 0) is 43.5 Å². The molecule has 1 fully saturated rings. The number of hydrogen-bond donors (Lipinski definition) is 4. The maximum absolute atomic E-state index is 11.4. The van der Waals surface area contributed by atoms with Gasteiger partial charge in [-0.3, -0.25) is 4.79 Å². The van der Waals surface area contributed by atoms with E-state index in [4.69, 9.17) is 0 Å². The first-order valence-corrected chi connectivity index (χ1v) is 10.4. The number of nitrogens with zero attached hydrogens (tertiary/aromatic N) is 4. The van der Waals surface area contributed by atoms with Crippen molar-refractivity contribution in [2.24, 2.45) is 5.92 Å². The number of amides is 1. The summed E-state index contributed by atoms with van der Waals surface area (Å²) in [5.41, 5.74) is 2.58. The highest BCUT2D eigenvalue weighted by Gasteiger charge is 2.18. The van der Waals surface area contributed by atoms with Crippen LogP contribution in [0.4, 0.5) is 29.2 Å². The van der Waals surface area contributed by atoms with Gasteiger partial charge in [0.15, 0.2) is 0 Å². The average Bonchev–Trinajstić information content (AvgIpc) is 3.16. The zero-order valence-electron chi connectivity index (χ0n) is 18.4. The predicted octanol–water partition coefficient (Wildman–Crippen LogP) is 2.75. The van der Waals surface area contributed by atoms with Crippen molar-refractivity contribution in [2.75, 3.05) is 47.5 Å². The van der Waals surface area contributed by atoms with Crippen LogP contribution in [-0.2, 0) is 4.79 Å². The highest BCUT2D eigenvalue weighted by atomic mass is 16.1. The Balaban J connectivity index is 1.89. The molecule has 1 aromatic carbocycles. The zero-order chi connectivity index (χ0) is 21.7. The van der Waals surface area contributed by atoms with E-state index in [1.165, 1.54) is 6.92 Å². The molecule has 4 N–H and O–H groups in total. The van der Waals surface area contributed by atoms with Gasteiger partial charge in [-0.1, -0.05) is 19.9 Å². The summed E-state index contributed by atoms with van der Waals surface area (Å²) in [5.74, 6) is 2.01. The van der Waals surface area contributed by atoms with Crippen molar-refractivity contribution < 1.29 is 4.79 Å². The zero-order valence-corrected chi connectivity index (χ0v) is 18.4. The molecule has 1 aliphatic rings. The molecule has 1 atom stereocenters. The first-order valence-electron chi connectivity index (χ1n) is 10.4. The summed E-state index contributed by atoms with van der Waals surface area (Å²) in [6.45, 7) is 10.5. The van der Waals surface area contributed by atoms with Crippen LogP contribution >= 0.6 is 0 Å². The number of aryl methyl sites for hydroxylation is 1. The molecular weight excluding hydrogens is 380 g/mol. The van der Waals surface area contributed by atoms with Crippen molar-refractivity contribution in [1.29, 1.82) is 0 Å². The first-order chi connectivity index (χ1) is 14.3. The molecule has 0 saturated carbocycles. The lowest BCUT2D eigenvalue weighted by Gasteiger charge is -2.21. The van der Waals surface area contributed by atoms with E-state index in [0.717, 1.165) is 43.0 Å². The van der Waals surface area contributed by atoms with Crippen LogP contribution in [0, 0.1) is 12.8 Å². The second-order valence-corrected chi connectivity index (χ2v) is 8.23. The number of aromatic nitrogens is 3. The van der Waals surface area contributed by atoms with Gasteiger partial charge in [0.1, 0.15) is 0 Å². The van der Waals surface area contributed by atoms with Gasteiger partial charge < -0.3 is 26.2 Å². The molecule has 9 nitrogen and oxygen atoms in total. The summed E-state index contributed by atoms with van der Waals surface area (Å²) in [6, 6.07) is 6.00. The van der Waals surface area contributed by atoms with Gasteiger partial charge in [0.25, 0.3) is 0 Å². The van der Waals surface area contributed by atoms with E-state index in [2.05, 4.69) is 50.1 Å². The third-order valence-corrected chi connectivity index (χ3v) is 4.80. The van der Waals surface area contributed by atoms with Crippen molar-refractivity contribution in [2.45, 2.75) is 40.2 Å². The van der Waals surface area contributed by atoms with Crippen molar-refractivity contribution in [3.63, 3.8) is 0 Å². The first kappa shape index (κ1) is 21.8. The summed E-state index contributed by atoms with van der Waals surface area (Å²) in [6.07, 6.45) is 1.03. The number of carbonyl (C=O) groups is 1. The molecule has 0 bridgehead atoms. The number of anilines is 5. The highest BCUT2D eigenvalue weighted by Crippen LogP contribution is 2.24. The van der Waals surface area contributed by atoms with Crippen molar-refractivity contribution >= 4 is 35.1 Å². The number of hydrogen-bond acceptors (Lipinski definition) is 8. The Morgan fingerprint density at radius 2 is 2.03 bits per heavy atom. The van der Waals surface area contributed by atoms with Crippen molar-refractivity contribution in [3.05, 3.63) is 23.8 Å². The average molecular weight is 413 g/mol. The van der Waals surface area contributed by atoms with Crippen LogP contribution in [-0.4, -0.2) is 53.6 Å². The van der Waals surface area contributed by atoms with Gasteiger partial charge in [0, 0.05) is 44.5 Å². The van der Waals surface area contributed by atoms with E-state index in [1.807, 2.05) is 37.1 Å². The fraction of sp³-hybridized carbons (Fsp3) is 0.524. The predicted molar refractivity (Wildman–Crippen MR) is 122 cm³/mol. The Hall–Kier alpha value is -2.94. The molecule has 1 aromatic heterocycles. The minimum atomic E-state index is -0.112. The molecule has 1 amide bonds. The molecular formula is C21H32N8O. The standard InChI is InChI=1S/C21H32N8O/c1-13(2)12-29(5)21-27-19(24-17-8-9-22-11-17)26-20(28-21)25-18-10-16(23-15(4)30)7-6-14(18)3/h6-7,10,13,17,22H,8-9,11-12H2,1-5H3,(H,23,30)(H2,24,25,26,27,28)/t17-/m1/s1. The summed E-state index contributed by atoms with van der Waals surface area (Å²) in [5, 5.41) is 12.9. The molecule has 0 unspecified atom stereocenters. The van der Waals surface area contributed by atoms with Gasteiger partial charge in [-0.2, -0.15) is 15.0 Å². The molecule has 9 heteroatoms. The fourth-order valence-electron chi connectivity index (χ4n) is 3.40. The molecule has 30 heavy (non-hydrogen) atoms. The molecule has 162 valence electrons. The summed E-state index contributed by atoms with van der Waals surface area (Å²) >= 11 is 0. The second-order valence-electron chi connectivity index (χ2n) is 8.23. The lowest BCUT2D eigenvalue weighted by atomic mass is 10.2. The van der Waals surface area contributed by atoms with E-state index in [1.54, 1.807) is 0 Å². The van der Waals surface area contributed by atoms with Crippen molar-refractivity contribution in [1.82, 2.24) is 20.3 Å². The molecule has 2 heterocycles. The highest BCUT2D eigenvalue weighted by molar-refractivity contribution is 5.89. The third kappa shape index (κ3) is 6.03. The van der Waals surface area contributed by atoms with Gasteiger partial charge in [-0.15, -0.1) is 0 Å². The molecule has 0 spiro atoms. The van der Waals surface area contributed by atoms with E-state index >= 15 is 0 Å². The van der Waals surface area contributed by atoms with Crippen LogP contribution in [0.2, 0.25) is 0 Å². The topological polar surface area (TPSA) is 107 Å². The Morgan fingerprint density at radius 1 is 1.27 bits per heavy atom. The van der Waals surface area contributed by atoms with Gasteiger partial charge in [0.2, 0.25) is 23.8 Å². The van der Waals surface area contributed by atoms with Gasteiger partial charge in [0.05, 0.1) is 0 Å². The summed E-state index contributed by atoms with van der Waals surface area (Å²) < 4.78 is 0. The Kier molecular flexibility index (Phi) is 7.04. The SMILES string of the molecule is CC(=O)Nc1ccc(C)c(Nc2nc(N[C@@H]3CCNC3)nc(N(C)CC(C)C)n2)c1. The maximum Gasteiger partial charge on any atom is 0.233 e. The van der Waals surface area contributed by atoms with E-state index in [9.17, 15) is 4.79 Å². The molecule has 1 saturated heterocycles. The Morgan fingerprint density at radius 3 is 2.70 bits per heavy atom. The van der Waals surface area contributed by atoms with Crippen molar-refractivity contribution in [3.8, 4) is 0 Å². The van der Waals surface area contributed by atoms with Gasteiger partial charge in [-0.25, -0.2) is 0 Å². The number of carbonyl (C=O) groups excluding carboxylic acids is 1. The number of nitrogens with one attached hydrogen (secondary N) is 4. The largest absolute Gasteiger partial charge is 0.350 e. The quantitative estimate of drug-likeness (QED) is 0.524. The molecule has 3 rings (SSSR count). The van der Waals surface area contributed by atoms with Crippen LogP contribution in [0.25, 0.3) is 0 Å². The molecule has 1 aliphatic heterocycles. The number of benzene rings is 1. The fourth-order valence-corrected chi connectivity index (χ4v) is 3.40. The molecule has 0 radical (unpaired) electrons. The second kappa shape index (κ2) is 9.71. The minimum Gasteiger partial charge on any atom is -0.350 e. The monoisotopic (exact) mass is 412 g/mol. The van der Waals surface area contributed by atoms with E-state index in [-0.39, 0.29) is 5.91 Å². The molecule has 0 aliphatic carbocycles. The van der Waals surface area contributed by atoms with E-state index in [0.29, 0.717) is 29.8 Å². The van der Waals surface area contributed by atoms with E-state index < -0.39 is 0 Å². The normalized spacial score (nSPS) is 15.9. The number of rotatable bonds is 8. The van der Waals surface area contributed by atoms with Crippen LogP contribution in [0.1, 0.15) is 32.8 Å². The third-order valence-electron chi connectivity index (χ3n) is 4.80. The lowest BCUT2D eigenvalue weighted by Crippen LogP contribution is -2.27. The lowest BCUT2D eigenvalue weighted by molar-refractivity contribution is -0.114. The van der Waals surface area contributed by atoms with Crippen LogP contribution in [0.5, 0.6) is 0 Å². The summed E-state index contributed by atoms with van der Waals surface area (Å²) in [7, 11) is 1.99. The smallest absolute Gasteiger partial charge is 0.233 e. The maximum atomic E-state index is 11.4.